The van der Waals surface area contributed by atoms with E-state index in [0.717, 1.165) is 87.7 Å². The van der Waals surface area contributed by atoms with Crippen molar-refractivity contribution in [3.63, 3.8) is 0 Å². The van der Waals surface area contributed by atoms with Gasteiger partial charge in [0.05, 0.1) is 0 Å². The SMILES string of the molecule is C.C.C=CCCl.CCO.CCO[Si](C)(C)CCCCCCC[Si](C)(C)OCC.CCO[Si](C)(C)CCCCl.CCO[Si](C)(C)CCCCl.C[SiH](C)Cl.C[Si](C)(Cl)CCCCl.C[Si](C)(Cl)CCCCl.Cl.Cl.S=S=S=S.[Cl-].[H-].[Na+].[Na+].[Na][Na]. The fourth-order valence-electron chi connectivity index (χ4n) is 5.44. The van der Waals surface area contributed by atoms with Crippen LogP contribution in [0.4, 0.5) is 0 Å². The van der Waals surface area contributed by atoms with E-state index in [1.807, 2.05) is 0 Å². The van der Waals surface area contributed by atoms with E-state index in [1.54, 1.807) is 13.0 Å². The van der Waals surface area contributed by atoms with Gasteiger partial charge in [-0.2, -0.15) is 33.2 Å². The van der Waals surface area contributed by atoms with E-state index in [0.29, 0.717) is 5.88 Å². The molecule has 0 spiro atoms. The molecule has 0 radical (unpaired) electrons. The average molecular weight is 1590 g/mol. The zero-order chi connectivity index (χ0) is 59.2. The summed E-state index contributed by atoms with van der Waals surface area (Å²) in [6.45, 7) is 48.1. The molecule has 0 aromatic rings. The van der Waals surface area contributed by atoms with Gasteiger partial charge in [-0.15, -0.1) is 89.4 Å². The Morgan fingerprint density at radius 2 is 0.646 bits per heavy atom. The molecule has 5 nitrogen and oxygen atoms in total. The molecule has 0 saturated carbocycles. The number of alkyl halides is 5. The second-order valence-corrected chi connectivity index (χ2v) is 60.8. The van der Waals surface area contributed by atoms with Gasteiger partial charge < -0.3 is 36.6 Å². The number of unbranched alkanes of at least 4 members (excludes halogenated alkanes) is 4. The van der Waals surface area contributed by atoms with Crippen LogP contribution in [0.5, 0.6) is 0 Å². The number of aliphatic hydroxyl groups is 1. The third kappa shape index (κ3) is 181. The molecule has 0 unspecified atom stereocenters. The monoisotopic (exact) mass is 1580 g/mol. The second-order valence-electron chi connectivity index (χ2n) is 19.6. The molecule has 0 amide bonds. The van der Waals surface area contributed by atoms with Crippen LogP contribution in [0.1, 0.15) is 109 Å². The molecule has 478 valence electrons. The second kappa shape index (κ2) is 101. The molecule has 0 aliphatic carbocycles. The summed E-state index contributed by atoms with van der Waals surface area (Å²) in [5.74, 6) is 3.60. The standard InChI is InChI=1S/C15H36O2Si2.2C7H17ClOSi.2C5H12Cl2Si.C3H5Cl.C2H7ClSi.C2H6O.2CH4.3ClH.4Na.S4.H/c1-7-16-18(3,4)14-12-10-9-11-13-15-19(5,6)17-8-2;2*1-4-9-10(2,3)7-5-6-8;2*1-8(2,7)5-3-4-6;1-2-3-4;1-4(2)3;1-2-3;;;;;;;;;;1-3-4-2;/h7-15H2,1-6H3;2*4-7H2,1-3H3;2*3-5H2,1-2H3;2H,1,3H2;4H,1-2H3;3H,2H2,1H3;2*1H4;3*1H;;;;;;/q;;;;;;;;;;;;;;;2*+1;;-1/p-1. The number of hydrogen-bond acceptors (Lipinski definition) is 7. The minimum atomic E-state index is -1.33. The molecule has 79 heavy (non-hydrogen) atoms. The van der Waals surface area contributed by atoms with Gasteiger partial charge in [0.15, 0.2) is 48.0 Å². The average Bonchev–Trinajstić information content (AvgIpc) is 3.27. The molecule has 0 heterocycles. The summed E-state index contributed by atoms with van der Waals surface area (Å²) in [4.78, 5) is 0. The summed E-state index contributed by atoms with van der Waals surface area (Å²) in [7, 11) is -6.17. The molecule has 0 aromatic heterocycles. The van der Waals surface area contributed by atoms with E-state index in [4.69, 9.17) is 114 Å². The first-order chi connectivity index (χ1) is 33.2. The number of rotatable bonds is 29. The molecule has 0 saturated heterocycles. The Kier molecular flexibility index (Phi) is 169. The van der Waals surface area contributed by atoms with Gasteiger partial charge in [0.2, 0.25) is 0 Å². The zero-order valence-electron chi connectivity index (χ0n) is 54.5. The third-order valence-electron chi connectivity index (χ3n) is 8.47. The van der Waals surface area contributed by atoms with Crippen LogP contribution in [0.2, 0.25) is 128 Å². The van der Waals surface area contributed by atoms with Crippen molar-refractivity contribution < 1.29 is 95.8 Å². The molecule has 1 N–H and O–H groups in total. The van der Waals surface area contributed by atoms with Gasteiger partial charge in [0.1, 0.15) is 8.11 Å². The number of halogens is 11. The Morgan fingerprint density at radius 3 is 0.759 bits per heavy atom. The normalized spacial score (nSPS) is 9.94. The topological polar surface area (TPSA) is 57.2 Å². The molecule has 0 aliphatic heterocycles. The molecule has 0 aromatic carbocycles. The Bertz CT molecular complexity index is 1070. The van der Waals surface area contributed by atoms with Crippen LogP contribution in [-0.2, 0) is 57.8 Å². The molecule has 0 rings (SSSR count). The molecular formula is C48H123Cl11Na4O5S4Si7. The van der Waals surface area contributed by atoms with Crippen molar-refractivity contribution in [3.05, 3.63) is 12.7 Å². The van der Waals surface area contributed by atoms with Gasteiger partial charge >= 0.3 is 103 Å². The van der Waals surface area contributed by atoms with Crippen LogP contribution in [0, 0.1) is 0 Å². The first-order valence-electron chi connectivity index (χ1n) is 26.3. The Hall–Kier alpha value is 9.13. The van der Waals surface area contributed by atoms with Crippen LogP contribution in [-0.4, -0.2) is 167 Å². The van der Waals surface area contributed by atoms with Crippen LogP contribution in [0.25, 0.3) is 0 Å². The summed E-state index contributed by atoms with van der Waals surface area (Å²) < 4.78 is 22.9. The number of allylic oxidation sites excluding steroid dienone is 1. The van der Waals surface area contributed by atoms with Crippen LogP contribution in [0.3, 0.4) is 0 Å². The first-order valence-corrected chi connectivity index (χ1v) is 66.0. The molecule has 0 bridgehead atoms. The Labute approximate surface area is 651 Å². The number of aliphatic hydroxyl groups excluding tert-OH is 1. The van der Waals surface area contributed by atoms with Gasteiger partial charge in [0.25, 0.3) is 0 Å². The van der Waals surface area contributed by atoms with Crippen molar-refractivity contribution in [2.45, 2.75) is 235 Å². The van der Waals surface area contributed by atoms with E-state index in [2.05, 4.69) is 148 Å². The van der Waals surface area contributed by atoms with Crippen molar-refractivity contribution in [1.29, 1.82) is 0 Å². The van der Waals surface area contributed by atoms with Crippen molar-refractivity contribution in [3.8, 4) is 0 Å². The summed E-state index contributed by atoms with van der Waals surface area (Å²) in [5.41, 5.74) is 0. The first kappa shape index (κ1) is 132. The van der Waals surface area contributed by atoms with Crippen molar-refractivity contribution >= 4 is 256 Å². The molecule has 31 heteroatoms. The minimum absolute atomic E-state index is 0. The van der Waals surface area contributed by atoms with Crippen LogP contribution in [0.15, 0.2) is 12.7 Å². The Balaban J connectivity index is -0.0000000350. The Morgan fingerprint density at radius 1 is 0.494 bits per heavy atom. The van der Waals surface area contributed by atoms with Gasteiger partial charge in [-0.3, -0.25) is 0 Å². The molecule has 0 aliphatic rings. The van der Waals surface area contributed by atoms with Crippen molar-refractivity contribution in [2.24, 2.45) is 0 Å². The number of hydrogen-bond donors (Lipinski definition) is 1. The van der Waals surface area contributed by atoms with Gasteiger partial charge in [-0.05, 0) is 149 Å². The predicted molar refractivity (Wildman–Crippen MR) is 405 cm³/mol. The van der Waals surface area contributed by atoms with Crippen molar-refractivity contribution in [1.82, 2.24) is 0 Å². The fourth-order valence-corrected chi connectivity index (χ4v) is 17.7. The van der Waals surface area contributed by atoms with E-state index in [9.17, 15) is 0 Å². The quantitative estimate of drug-likeness (QED) is 0.0263. The van der Waals surface area contributed by atoms with Crippen LogP contribution < -0.4 is 71.5 Å². The van der Waals surface area contributed by atoms with Crippen LogP contribution >= 0.6 is 116 Å². The third-order valence-corrected chi connectivity index (χ3v) is 26.7. The van der Waals surface area contributed by atoms with Gasteiger partial charge in [0, 0.05) is 103 Å². The van der Waals surface area contributed by atoms with E-state index >= 15 is 0 Å². The van der Waals surface area contributed by atoms with E-state index in [1.165, 1.54) is 118 Å². The maximum absolute atomic E-state index is 7.57. The maximum atomic E-state index is 7.57. The zero-order valence-corrected chi connectivity index (χ0v) is 80.3. The summed E-state index contributed by atoms with van der Waals surface area (Å²) >= 11 is 56.1. The van der Waals surface area contributed by atoms with Gasteiger partial charge in [-0.25, -0.2) is 0 Å². The summed E-state index contributed by atoms with van der Waals surface area (Å²) in [6, 6.07) is 7.28. The van der Waals surface area contributed by atoms with Crippen molar-refractivity contribution in [2.75, 3.05) is 62.4 Å². The summed E-state index contributed by atoms with van der Waals surface area (Å²) in [5, 5.41) is 7.57. The fraction of sp³-hybridized carbons (Fsp3) is 0.958. The van der Waals surface area contributed by atoms with Gasteiger partial charge in [-0.1, -0.05) is 92.3 Å². The van der Waals surface area contributed by atoms with E-state index < -0.39 is 56.1 Å². The molecular weight excluding hydrogens is 1460 g/mol. The summed E-state index contributed by atoms with van der Waals surface area (Å²) in [6.07, 6.45) is 12.8. The molecule has 0 atom stereocenters. The predicted octanol–water partition coefficient (Wildman–Crippen LogP) is 12.3. The molecule has 0 fully saturated rings. The van der Waals surface area contributed by atoms with E-state index in [-0.39, 0.29) is 119 Å².